The van der Waals surface area contributed by atoms with Crippen LogP contribution in [-0.2, 0) is 13.0 Å². The Morgan fingerprint density at radius 2 is 1.96 bits per heavy atom. The Morgan fingerprint density at radius 1 is 1.17 bits per heavy atom. The van der Waals surface area contributed by atoms with Gasteiger partial charge in [-0.25, -0.2) is 9.98 Å². The first-order chi connectivity index (χ1) is 11.2. The van der Waals surface area contributed by atoms with Crippen molar-refractivity contribution in [3.8, 4) is 0 Å². The van der Waals surface area contributed by atoms with E-state index in [4.69, 9.17) is 0 Å². The number of nitrogens with zero attached hydrogens (tertiary/aromatic N) is 2. The van der Waals surface area contributed by atoms with Crippen LogP contribution in [0.2, 0.25) is 0 Å². The zero-order chi connectivity index (χ0) is 16.5. The number of nitrogens with one attached hydrogen (secondary N) is 2. The lowest BCUT2D eigenvalue weighted by Crippen LogP contribution is -2.37. The zero-order valence-corrected chi connectivity index (χ0v) is 15.0. The number of hydrogen-bond donors (Lipinski definition) is 2. The number of aryl methyl sites for hydroxylation is 3. The van der Waals surface area contributed by atoms with Gasteiger partial charge in [-0.15, -0.1) is 11.3 Å². The summed E-state index contributed by atoms with van der Waals surface area (Å²) in [5.74, 6) is 0.878. The van der Waals surface area contributed by atoms with Gasteiger partial charge in [-0.2, -0.15) is 0 Å². The van der Waals surface area contributed by atoms with Crippen LogP contribution in [0.4, 0.5) is 0 Å². The van der Waals surface area contributed by atoms with Gasteiger partial charge in [-0.3, -0.25) is 0 Å². The topological polar surface area (TPSA) is 49.3 Å². The standard InChI is InChI=1S/C18H26N4S/c1-4-19-18(21-12-16-9-7-14(2)8-10-16)20-11-5-6-17-22-15(3)13-23-17/h7-10,13H,4-6,11-12H2,1-3H3,(H2,19,20,21). The normalized spacial score (nSPS) is 11.5. The summed E-state index contributed by atoms with van der Waals surface area (Å²) in [6, 6.07) is 8.52. The summed E-state index contributed by atoms with van der Waals surface area (Å²) in [4.78, 5) is 9.14. The van der Waals surface area contributed by atoms with Crippen LogP contribution < -0.4 is 10.6 Å². The minimum atomic E-state index is 0.696. The highest BCUT2D eigenvalue weighted by Gasteiger charge is 2.00. The fourth-order valence-corrected chi connectivity index (χ4v) is 2.99. The summed E-state index contributed by atoms with van der Waals surface area (Å²) in [7, 11) is 0. The molecule has 0 aliphatic heterocycles. The second kappa shape index (κ2) is 9.30. The van der Waals surface area contributed by atoms with Crippen molar-refractivity contribution in [2.45, 2.75) is 40.2 Å². The van der Waals surface area contributed by atoms with Crippen LogP contribution in [0.1, 0.15) is 35.2 Å². The van der Waals surface area contributed by atoms with Gasteiger partial charge in [-0.1, -0.05) is 29.8 Å². The van der Waals surface area contributed by atoms with Crippen LogP contribution in [-0.4, -0.2) is 24.0 Å². The molecule has 0 amide bonds. The second-order valence-corrected chi connectivity index (χ2v) is 6.54. The van der Waals surface area contributed by atoms with Gasteiger partial charge in [0.25, 0.3) is 0 Å². The Kier molecular flexibility index (Phi) is 7.07. The quantitative estimate of drug-likeness (QED) is 0.464. The molecule has 1 heterocycles. The minimum Gasteiger partial charge on any atom is -0.357 e. The van der Waals surface area contributed by atoms with Gasteiger partial charge in [0, 0.05) is 30.6 Å². The summed E-state index contributed by atoms with van der Waals surface area (Å²) in [6.07, 6.45) is 2.07. The maximum Gasteiger partial charge on any atom is 0.191 e. The number of aromatic nitrogens is 1. The van der Waals surface area contributed by atoms with Crippen LogP contribution in [0.15, 0.2) is 34.6 Å². The summed E-state index contributed by atoms with van der Waals surface area (Å²) in [5, 5.41) is 10.0. The number of benzene rings is 1. The van der Waals surface area contributed by atoms with E-state index in [1.165, 1.54) is 16.1 Å². The number of guanidine groups is 1. The molecule has 0 saturated heterocycles. The maximum atomic E-state index is 4.64. The van der Waals surface area contributed by atoms with E-state index in [-0.39, 0.29) is 0 Å². The molecule has 2 rings (SSSR count). The summed E-state index contributed by atoms with van der Waals surface area (Å²) in [5.41, 5.74) is 3.62. The average Bonchev–Trinajstić information content (AvgIpc) is 2.96. The van der Waals surface area contributed by atoms with E-state index < -0.39 is 0 Å². The molecular formula is C18H26N4S. The Bertz CT molecular complexity index is 616. The van der Waals surface area contributed by atoms with Gasteiger partial charge < -0.3 is 10.6 Å². The Morgan fingerprint density at radius 3 is 2.61 bits per heavy atom. The van der Waals surface area contributed by atoms with Crippen LogP contribution in [0.3, 0.4) is 0 Å². The van der Waals surface area contributed by atoms with Gasteiger partial charge in [0.1, 0.15) is 0 Å². The molecule has 0 aliphatic carbocycles. The van der Waals surface area contributed by atoms with Crippen LogP contribution in [0.25, 0.3) is 0 Å². The molecule has 0 saturated carbocycles. The molecule has 124 valence electrons. The number of rotatable bonds is 7. The Labute approximate surface area is 143 Å². The molecule has 0 radical (unpaired) electrons. The van der Waals surface area contributed by atoms with E-state index in [2.05, 4.69) is 64.1 Å². The lowest BCUT2D eigenvalue weighted by Gasteiger charge is -2.11. The first-order valence-electron chi connectivity index (χ1n) is 8.16. The molecule has 23 heavy (non-hydrogen) atoms. The maximum absolute atomic E-state index is 4.64. The lowest BCUT2D eigenvalue weighted by atomic mass is 10.1. The molecule has 0 fully saturated rings. The summed E-state index contributed by atoms with van der Waals surface area (Å²) in [6.45, 7) is 8.69. The predicted molar refractivity (Wildman–Crippen MR) is 99.2 cm³/mol. The van der Waals surface area contributed by atoms with Crippen molar-refractivity contribution < 1.29 is 0 Å². The molecule has 4 nitrogen and oxygen atoms in total. The SMILES string of the molecule is CCNC(=NCc1ccc(C)cc1)NCCCc1nc(C)cs1. The van der Waals surface area contributed by atoms with Gasteiger partial charge >= 0.3 is 0 Å². The Balaban J connectivity index is 1.78. The number of thiazole rings is 1. The van der Waals surface area contributed by atoms with E-state index in [0.717, 1.165) is 37.6 Å². The van der Waals surface area contributed by atoms with Crippen LogP contribution in [0, 0.1) is 13.8 Å². The third kappa shape index (κ3) is 6.40. The van der Waals surface area contributed by atoms with E-state index >= 15 is 0 Å². The van der Waals surface area contributed by atoms with E-state index in [0.29, 0.717) is 6.54 Å². The molecular weight excluding hydrogens is 304 g/mol. The van der Waals surface area contributed by atoms with E-state index in [1.807, 2.05) is 6.92 Å². The average molecular weight is 331 g/mol. The van der Waals surface area contributed by atoms with Crippen molar-refractivity contribution in [3.05, 3.63) is 51.5 Å². The molecule has 0 atom stereocenters. The highest BCUT2D eigenvalue weighted by atomic mass is 32.1. The lowest BCUT2D eigenvalue weighted by molar-refractivity contribution is 0.740. The van der Waals surface area contributed by atoms with Crippen molar-refractivity contribution in [3.63, 3.8) is 0 Å². The first kappa shape index (κ1) is 17.5. The van der Waals surface area contributed by atoms with Crippen molar-refractivity contribution in [2.24, 2.45) is 4.99 Å². The fraction of sp³-hybridized carbons (Fsp3) is 0.444. The molecule has 5 heteroatoms. The molecule has 0 aliphatic rings. The second-order valence-electron chi connectivity index (χ2n) is 5.59. The summed E-state index contributed by atoms with van der Waals surface area (Å²) < 4.78 is 0. The number of aliphatic imine (C=N–C) groups is 1. The largest absolute Gasteiger partial charge is 0.357 e. The fourth-order valence-electron chi connectivity index (χ4n) is 2.17. The number of hydrogen-bond acceptors (Lipinski definition) is 3. The third-order valence-corrected chi connectivity index (χ3v) is 4.44. The molecule has 0 spiro atoms. The summed E-state index contributed by atoms with van der Waals surface area (Å²) >= 11 is 1.74. The van der Waals surface area contributed by atoms with Gasteiger partial charge in [-0.05, 0) is 32.8 Å². The molecule has 1 aromatic carbocycles. The van der Waals surface area contributed by atoms with Crippen molar-refractivity contribution in [2.75, 3.05) is 13.1 Å². The van der Waals surface area contributed by atoms with Crippen molar-refractivity contribution in [1.82, 2.24) is 15.6 Å². The van der Waals surface area contributed by atoms with Crippen LogP contribution >= 0.6 is 11.3 Å². The first-order valence-corrected chi connectivity index (χ1v) is 9.04. The van der Waals surface area contributed by atoms with Crippen molar-refractivity contribution >= 4 is 17.3 Å². The smallest absolute Gasteiger partial charge is 0.191 e. The molecule has 2 N–H and O–H groups in total. The molecule has 2 aromatic rings. The minimum absolute atomic E-state index is 0.696. The van der Waals surface area contributed by atoms with Gasteiger partial charge in [0.05, 0.1) is 11.6 Å². The monoisotopic (exact) mass is 330 g/mol. The highest BCUT2D eigenvalue weighted by Crippen LogP contribution is 2.10. The molecule has 0 unspecified atom stereocenters. The molecule has 1 aromatic heterocycles. The van der Waals surface area contributed by atoms with Gasteiger partial charge in [0.2, 0.25) is 0 Å². The molecule has 0 bridgehead atoms. The van der Waals surface area contributed by atoms with Gasteiger partial charge in [0.15, 0.2) is 5.96 Å². The zero-order valence-electron chi connectivity index (χ0n) is 14.2. The van der Waals surface area contributed by atoms with Crippen LogP contribution in [0.5, 0.6) is 0 Å². The highest BCUT2D eigenvalue weighted by molar-refractivity contribution is 7.09. The van der Waals surface area contributed by atoms with E-state index in [1.54, 1.807) is 11.3 Å². The third-order valence-electron chi connectivity index (χ3n) is 3.41. The van der Waals surface area contributed by atoms with E-state index in [9.17, 15) is 0 Å². The Hall–Kier alpha value is -1.88. The predicted octanol–water partition coefficient (Wildman–Crippen LogP) is 3.45. The van der Waals surface area contributed by atoms with Crippen molar-refractivity contribution in [1.29, 1.82) is 0 Å².